The maximum atomic E-state index is 11.7. The molecule has 4 aliphatic rings. The predicted octanol–water partition coefficient (Wildman–Crippen LogP) is 2.98. The van der Waals surface area contributed by atoms with Gasteiger partial charge in [0.1, 0.15) is 0 Å². The lowest BCUT2D eigenvalue weighted by Gasteiger charge is -2.57. The third-order valence-corrected chi connectivity index (χ3v) is 5.33. The van der Waals surface area contributed by atoms with Crippen LogP contribution in [0.3, 0.4) is 0 Å². The Hall–Kier alpha value is -0.530. The van der Waals surface area contributed by atoms with Gasteiger partial charge in [0, 0.05) is 12.5 Å². The summed E-state index contributed by atoms with van der Waals surface area (Å²) in [5.41, 5.74) is 0.485. The van der Waals surface area contributed by atoms with Crippen molar-refractivity contribution < 1.29 is 4.79 Å². The number of amides is 1. The Morgan fingerprint density at radius 1 is 1.12 bits per heavy atom. The summed E-state index contributed by atoms with van der Waals surface area (Å²) < 4.78 is 0. The Morgan fingerprint density at radius 3 is 2.00 bits per heavy atom. The topological polar surface area (TPSA) is 29.1 Å². The standard InChI is InChI=1S/C15H25NO/c1-10(2)14(17)16-9-15-6-11-3-12(7-15)5-13(4-11)8-15/h10-13H,3-9H2,1-2H3,(H,16,17). The highest BCUT2D eigenvalue weighted by Gasteiger charge is 2.50. The largest absolute Gasteiger partial charge is 0.355 e. The molecule has 17 heavy (non-hydrogen) atoms. The van der Waals surface area contributed by atoms with Crippen molar-refractivity contribution in [2.75, 3.05) is 6.54 Å². The molecule has 96 valence electrons. The number of carbonyl (C=O) groups excluding carboxylic acids is 1. The first-order chi connectivity index (χ1) is 8.06. The van der Waals surface area contributed by atoms with Gasteiger partial charge in [0.15, 0.2) is 0 Å². The summed E-state index contributed by atoms with van der Waals surface area (Å²) in [6, 6.07) is 0. The Morgan fingerprint density at radius 2 is 1.59 bits per heavy atom. The normalized spacial score (nSPS) is 43.1. The molecule has 0 saturated heterocycles. The van der Waals surface area contributed by atoms with Crippen molar-refractivity contribution in [1.82, 2.24) is 5.32 Å². The van der Waals surface area contributed by atoms with Gasteiger partial charge in [-0.1, -0.05) is 13.8 Å². The maximum Gasteiger partial charge on any atom is 0.222 e. The third-order valence-electron chi connectivity index (χ3n) is 5.33. The second kappa shape index (κ2) is 4.00. The van der Waals surface area contributed by atoms with Crippen molar-refractivity contribution in [2.24, 2.45) is 29.1 Å². The minimum Gasteiger partial charge on any atom is -0.355 e. The molecule has 0 unspecified atom stereocenters. The molecule has 2 nitrogen and oxygen atoms in total. The molecule has 0 aliphatic heterocycles. The fraction of sp³-hybridized carbons (Fsp3) is 0.933. The molecular formula is C15H25NO. The molecule has 4 bridgehead atoms. The van der Waals surface area contributed by atoms with Crippen LogP contribution in [0, 0.1) is 29.1 Å². The van der Waals surface area contributed by atoms with Crippen molar-refractivity contribution in [3.8, 4) is 0 Å². The van der Waals surface area contributed by atoms with Crippen molar-refractivity contribution in [3.05, 3.63) is 0 Å². The van der Waals surface area contributed by atoms with E-state index < -0.39 is 0 Å². The number of hydrogen-bond donors (Lipinski definition) is 1. The van der Waals surface area contributed by atoms with Gasteiger partial charge in [-0.25, -0.2) is 0 Å². The van der Waals surface area contributed by atoms with Gasteiger partial charge < -0.3 is 5.32 Å². The zero-order valence-electron chi connectivity index (χ0n) is 11.2. The van der Waals surface area contributed by atoms with Crippen molar-refractivity contribution in [3.63, 3.8) is 0 Å². The molecule has 0 heterocycles. The van der Waals surface area contributed by atoms with E-state index in [4.69, 9.17) is 0 Å². The van der Waals surface area contributed by atoms with Gasteiger partial charge in [0.2, 0.25) is 5.91 Å². The van der Waals surface area contributed by atoms with E-state index in [1.54, 1.807) is 0 Å². The summed E-state index contributed by atoms with van der Waals surface area (Å²) in [6.45, 7) is 4.91. The van der Waals surface area contributed by atoms with E-state index in [0.717, 1.165) is 24.3 Å². The van der Waals surface area contributed by atoms with Gasteiger partial charge in [0.05, 0.1) is 0 Å². The van der Waals surface area contributed by atoms with Crippen LogP contribution in [0.2, 0.25) is 0 Å². The SMILES string of the molecule is CC(C)C(=O)NCC12CC3CC(CC(C3)C1)C2. The van der Waals surface area contributed by atoms with Crippen LogP contribution < -0.4 is 5.32 Å². The van der Waals surface area contributed by atoms with Gasteiger partial charge in [-0.3, -0.25) is 4.79 Å². The van der Waals surface area contributed by atoms with Crippen LogP contribution in [0.1, 0.15) is 52.4 Å². The van der Waals surface area contributed by atoms with Crippen LogP contribution in [0.15, 0.2) is 0 Å². The Bertz CT molecular complexity index is 286. The van der Waals surface area contributed by atoms with Gasteiger partial charge in [0.25, 0.3) is 0 Å². The van der Waals surface area contributed by atoms with Crippen LogP contribution in [0.25, 0.3) is 0 Å². The van der Waals surface area contributed by atoms with Gasteiger partial charge in [-0.05, 0) is 61.7 Å². The number of hydrogen-bond acceptors (Lipinski definition) is 1. The van der Waals surface area contributed by atoms with Gasteiger partial charge >= 0.3 is 0 Å². The monoisotopic (exact) mass is 235 g/mol. The fourth-order valence-corrected chi connectivity index (χ4v) is 4.99. The lowest BCUT2D eigenvalue weighted by molar-refractivity contribution is -0.126. The summed E-state index contributed by atoms with van der Waals surface area (Å²) in [5, 5.41) is 3.20. The molecule has 0 spiro atoms. The summed E-state index contributed by atoms with van der Waals surface area (Å²) in [6.07, 6.45) is 8.61. The number of nitrogens with one attached hydrogen (secondary N) is 1. The maximum absolute atomic E-state index is 11.7. The van der Waals surface area contributed by atoms with E-state index in [-0.39, 0.29) is 11.8 Å². The molecular weight excluding hydrogens is 210 g/mol. The molecule has 4 saturated carbocycles. The summed E-state index contributed by atoms with van der Waals surface area (Å²) in [4.78, 5) is 11.7. The molecule has 2 heteroatoms. The van der Waals surface area contributed by atoms with Crippen LogP contribution in [0.4, 0.5) is 0 Å². The highest BCUT2D eigenvalue weighted by atomic mass is 16.1. The summed E-state index contributed by atoms with van der Waals surface area (Å²) in [7, 11) is 0. The van der Waals surface area contributed by atoms with Crippen LogP contribution in [0.5, 0.6) is 0 Å². The second-order valence-corrected chi connectivity index (χ2v) is 7.29. The lowest BCUT2D eigenvalue weighted by atomic mass is 9.49. The quantitative estimate of drug-likeness (QED) is 0.800. The average molecular weight is 235 g/mol. The van der Waals surface area contributed by atoms with Crippen LogP contribution in [-0.4, -0.2) is 12.5 Å². The molecule has 4 rings (SSSR count). The number of carbonyl (C=O) groups is 1. The molecule has 0 atom stereocenters. The predicted molar refractivity (Wildman–Crippen MR) is 68.5 cm³/mol. The average Bonchev–Trinajstić information content (AvgIpc) is 2.24. The second-order valence-electron chi connectivity index (χ2n) is 7.29. The molecule has 1 amide bonds. The Balaban J connectivity index is 1.64. The third kappa shape index (κ3) is 2.11. The van der Waals surface area contributed by atoms with E-state index in [1.807, 2.05) is 13.8 Å². The van der Waals surface area contributed by atoms with E-state index in [2.05, 4.69) is 5.32 Å². The van der Waals surface area contributed by atoms with Crippen molar-refractivity contribution >= 4 is 5.91 Å². The Labute approximate surface area is 105 Å². The van der Waals surface area contributed by atoms with E-state index in [9.17, 15) is 4.79 Å². The molecule has 0 aromatic heterocycles. The molecule has 1 N–H and O–H groups in total. The zero-order chi connectivity index (χ0) is 12.0. The van der Waals surface area contributed by atoms with Crippen molar-refractivity contribution in [1.29, 1.82) is 0 Å². The summed E-state index contributed by atoms with van der Waals surface area (Å²) >= 11 is 0. The lowest BCUT2D eigenvalue weighted by Crippen LogP contribution is -2.51. The van der Waals surface area contributed by atoms with Crippen LogP contribution >= 0.6 is 0 Å². The zero-order valence-corrected chi connectivity index (χ0v) is 11.2. The first kappa shape index (κ1) is 11.6. The first-order valence-corrected chi connectivity index (χ1v) is 7.34. The van der Waals surface area contributed by atoms with Crippen LogP contribution in [-0.2, 0) is 4.79 Å². The van der Waals surface area contributed by atoms with Gasteiger partial charge in [-0.2, -0.15) is 0 Å². The minimum atomic E-state index is 0.129. The highest BCUT2D eigenvalue weighted by molar-refractivity contribution is 5.77. The smallest absolute Gasteiger partial charge is 0.222 e. The van der Waals surface area contributed by atoms with E-state index in [1.165, 1.54) is 38.5 Å². The summed E-state index contributed by atoms with van der Waals surface area (Å²) in [5.74, 6) is 3.32. The minimum absolute atomic E-state index is 0.129. The molecule has 4 fully saturated rings. The van der Waals surface area contributed by atoms with E-state index in [0.29, 0.717) is 5.41 Å². The van der Waals surface area contributed by atoms with Gasteiger partial charge in [-0.15, -0.1) is 0 Å². The molecule has 0 aromatic carbocycles. The van der Waals surface area contributed by atoms with Crippen molar-refractivity contribution in [2.45, 2.75) is 52.4 Å². The Kier molecular flexibility index (Phi) is 2.72. The highest BCUT2D eigenvalue weighted by Crippen LogP contribution is 2.59. The number of rotatable bonds is 3. The fourth-order valence-electron chi connectivity index (χ4n) is 4.99. The first-order valence-electron chi connectivity index (χ1n) is 7.34. The molecule has 0 aromatic rings. The molecule has 4 aliphatic carbocycles. The van der Waals surface area contributed by atoms with E-state index >= 15 is 0 Å². The molecule has 0 radical (unpaired) electrons.